The van der Waals surface area contributed by atoms with Gasteiger partial charge in [0.1, 0.15) is 18.2 Å². The van der Waals surface area contributed by atoms with Crippen LogP contribution in [0.3, 0.4) is 0 Å². The second-order valence-electron chi connectivity index (χ2n) is 3.56. The number of nitrogens with zero attached hydrogens (tertiary/aromatic N) is 3. The summed E-state index contributed by atoms with van der Waals surface area (Å²) >= 11 is 0. The number of halogens is 1. The van der Waals surface area contributed by atoms with Crippen LogP contribution in [0.25, 0.3) is 11.4 Å². The molecule has 1 N–H and O–H groups in total. The topological polar surface area (TPSA) is 68.0 Å². The second kappa shape index (κ2) is 4.32. The molecule has 0 amide bonds. The van der Waals surface area contributed by atoms with E-state index >= 15 is 0 Å². The van der Waals surface area contributed by atoms with Gasteiger partial charge in [0.05, 0.1) is 0 Å². The molecule has 17 heavy (non-hydrogen) atoms. The summed E-state index contributed by atoms with van der Waals surface area (Å²) in [4.78, 5) is 10.7. The van der Waals surface area contributed by atoms with Gasteiger partial charge in [-0.25, -0.2) is 4.39 Å². The van der Waals surface area contributed by atoms with Gasteiger partial charge in [0.15, 0.2) is 5.82 Å². The maximum absolute atomic E-state index is 12.8. The van der Waals surface area contributed by atoms with Crippen LogP contribution in [0.4, 0.5) is 4.39 Å². The van der Waals surface area contributed by atoms with Crippen LogP contribution < -0.4 is 0 Å². The standard InChI is InChI=1S/C11H10FN3O2/c1-7-13-14-11(15(7)6-10(16)17)8-2-4-9(12)5-3-8/h2-5H,6H2,1H3,(H,16,17). The van der Waals surface area contributed by atoms with Crippen LogP contribution in [0.2, 0.25) is 0 Å². The number of hydrogen-bond acceptors (Lipinski definition) is 3. The minimum absolute atomic E-state index is 0.217. The fourth-order valence-electron chi connectivity index (χ4n) is 1.52. The molecule has 0 atom stereocenters. The molecule has 2 rings (SSSR count). The Hall–Kier alpha value is -2.24. The Labute approximate surface area is 96.5 Å². The minimum atomic E-state index is -0.976. The molecule has 0 radical (unpaired) electrons. The summed E-state index contributed by atoms with van der Waals surface area (Å²) in [5.41, 5.74) is 0.633. The van der Waals surface area contributed by atoms with Crippen molar-refractivity contribution in [3.05, 3.63) is 35.9 Å². The maximum Gasteiger partial charge on any atom is 0.323 e. The van der Waals surface area contributed by atoms with E-state index in [1.807, 2.05) is 0 Å². The average Bonchev–Trinajstić information content (AvgIpc) is 2.61. The van der Waals surface area contributed by atoms with Gasteiger partial charge in [0.2, 0.25) is 0 Å². The van der Waals surface area contributed by atoms with Crippen molar-refractivity contribution in [2.75, 3.05) is 0 Å². The molecule has 6 heteroatoms. The van der Waals surface area contributed by atoms with Gasteiger partial charge in [-0.1, -0.05) is 0 Å². The molecule has 0 aliphatic heterocycles. The van der Waals surface area contributed by atoms with Crippen molar-refractivity contribution in [3.63, 3.8) is 0 Å². The van der Waals surface area contributed by atoms with Crippen molar-refractivity contribution < 1.29 is 14.3 Å². The molecular formula is C11H10FN3O2. The molecule has 1 aromatic carbocycles. The lowest BCUT2D eigenvalue weighted by Gasteiger charge is -2.05. The summed E-state index contributed by atoms with van der Waals surface area (Å²) < 4.78 is 14.2. The molecule has 0 aliphatic rings. The first kappa shape index (κ1) is 11.3. The number of hydrogen-bond donors (Lipinski definition) is 1. The van der Waals surface area contributed by atoms with Crippen molar-refractivity contribution in [3.8, 4) is 11.4 Å². The third-order valence-corrected chi connectivity index (χ3v) is 2.33. The molecule has 0 aliphatic carbocycles. The number of carbonyl (C=O) groups is 1. The third kappa shape index (κ3) is 2.30. The molecule has 0 bridgehead atoms. The van der Waals surface area contributed by atoms with Crippen molar-refractivity contribution in [1.29, 1.82) is 0 Å². The van der Waals surface area contributed by atoms with Crippen LogP contribution in [0, 0.1) is 12.7 Å². The van der Waals surface area contributed by atoms with E-state index in [1.165, 1.54) is 28.8 Å². The zero-order valence-electron chi connectivity index (χ0n) is 9.09. The van der Waals surface area contributed by atoms with Crippen LogP contribution in [0.1, 0.15) is 5.82 Å². The lowest BCUT2D eigenvalue weighted by Crippen LogP contribution is -2.11. The number of carboxylic acids is 1. The molecule has 88 valence electrons. The highest BCUT2D eigenvalue weighted by atomic mass is 19.1. The predicted molar refractivity (Wildman–Crippen MR) is 57.8 cm³/mol. The van der Waals surface area contributed by atoms with Crippen LogP contribution in [0.5, 0.6) is 0 Å². The Bertz CT molecular complexity index is 548. The molecule has 1 heterocycles. The quantitative estimate of drug-likeness (QED) is 0.874. The lowest BCUT2D eigenvalue weighted by atomic mass is 10.2. The molecule has 1 aromatic heterocycles. The van der Waals surface area contributed by atoms with Crippen LogP contribution in [-0.2, 0) is 11.3 Å². The van der Waals surface area contributed by atoms with E-state index in [0.717, 1.165) is 0 Å². The van der Waals surface area contributed by atoms with Gasteiger partial charge in [-0.05, 0) is 31.2 Å². The Kier molecular flexibility index (Phi) is 2.86. The Morgan fingerprint density at radius 3 is 2.59 bits per heavy atom. The third-order valence-electron chi connectivity index (χ3n) is 2.33. The van der Waals surface area contributed by atoms with Gasteiger partial charge in [-0.2, -0.15) is 0 Å². The smallest absolute Gasteiger partial charge is 0.323 e. The van der Waals surface area contributed by atoms with Crippen molar-refractivity contribution in [1.82, 2.24) is 14.8 Å². The molecule has 0 saturated heterocycles. The van der Waals surface area contributed by atoms with Crippen molar-refractivity contribution in [2.24, 2.45) is 0 Å². The van der Waals surface area contributed by atoms with E-state index in [4.69, 9.17) is 5.11 Å². The SMILES string of the molecule is Cc1nnc(-c2ccc(F)cc2)n1CC(=O)O. The van der Waals surface area contributed by atoms with Crippen LogP contribution in [-0.4, -0.2) is 25.8 Å². The van der Waals surface area contributed by atoms with Crippen molar-refractivity contribution >= 4 is 5.97 Å². The second-order valence-corrected chi connectivity index (χ2v) is 3.56. The van der Waals surface area contributed by atoms with E-state index in [1.54, 1.807) is 6.92 Å². The van der Waals surface area contributed by atoms with E-state index in [2.05, 4.69) is 10.2 Å². The number of aromatic nitrogens is 3. The van der Waals surface area contributed by atoms with Crippen LogP contribution >= 0.6 is 0 Å². The summed E-state index contributed by atoms with van der Waals surface area (Å²) in [5.74, 6) is -0.400. The number of aliphatic carboxylic acids is 1. The van der Waals surface area contributed by atoms with Gasteiger partial charge in [-0.15, -0.1) is 10.2 Å². The molecule has 0 spiro atoms. The molecule has 2 aromatic rings. The first-order valence-electron chi connectivity index (χ1n) is 4.95. The Balaban J connectivity index is 2.45. The highest BCUT2D eigenvalue weighted by molar-refractivity contribution is 5.68. The van der Waals surface area contributed by atoms with E-state index in [0.29, 0.717) is 17.2 Å². The highest BCUT2D eigenvalue weighted by Crippen LogP contribution is 2.18. The van der Waals surface area contributed by atoms with Crippen LogP contribution in [0.15, 0.2) is 24.3 Å². The maximum atomic E-state index is 12.8. The lowest BCUT2D eigenvalue weighted by molar-refractivity contribution is -0.137. The van der Waals surface area contributed by atoms with Gasteiger partial charge in [0.25, 0.3) is 0 Å². The molecule has 5 nitrogen and oxygen atoms in total. The predicted octanol–water partition coefficient (Wildman–Crippen LogP) is 1.48. The first-order chi connectivity index (χ1) is 8.08. The normalized spacial score (nSPS) is 10.5. The van der Waals surface area contributed by atoms with E-state index in [9.17, 15) is 9.18 Å². The fraction of sp³-hybridized carbons (Fsp3) is 0.182. The minimum Gasteiger partial charge on any atom is -0.480 e. The summed E-state index contributed by atoms with van der Waals surface area (Å²) in [7, 11) is 0. The first-order valence-corrected chi connectivity index (χ1v) is 4.95. The van der Waals surface area contributed by atoms with Crippen molar-refractivity contribution in [2.45, 2.75) is 13.5 Å². The monoisotopic (exact) mass is 235 g/mol. The number of carboxylic acid groups (broad SMARTS) is 1. The largest absolute Gasteiger partial charge is 0.480 e. The zero-order valence-corrected chi connectivity index (χ0v) is 9.09. The van der Waals surface area contributed by atoms with E-state index < -0.39 is 5.97 Å². The van der Waals surface area contributed by atoms with Gasteiger partial charge in [-0.3, -0.25) is 9.36 Å². The molecule has 0 unspecified atom stereocenters. The molecule has 0 fully saturated rings. The van der Waals surface area contributed by atoms with Gasteiger partial charge < -0.3 is 5.11 Å². The molecular weight excluding hydrogens is 225 g/mol. The number of benzene rings is 1. The average molecular weight is 235 g/mol. The summed E-state index contributed by atoms with van der Waals surface area (Å²) in [5, 5.41) is 16.5. The van der Waals surface area contributed by atoms with E-state index in [-0.39, 0.29) is 12.4 Å². The summed E-state index contributed by atoms with van der Waals surface area (Å²) in [6.07, 6.45) is 0. The number of aryl methyl sites for hydroxylation is 1. The Morgan fingerprint density at radius 2 is 2.00 bits per heavy atom. The number of rotatable bonds is 3. The van der Waals surface area contributed by atoms with Gasteiger partial charge in [0, 0.05) is 5.56 Å². The zero-order chi connectivity index (χ0) is 12.4. The Morgan fingerprint density at radius 1 is 1.35 bits per heavy atom. The fourth-order valence-corrected chi connectivity index (χ4v) is 1.52. The summed E-state index contributed by atoms with van der Waals surface area (Å²) in [6, 6.07) is 5.67. The molecule has 0 saturated carbocycles. The van der Waals surface area contributed by atoms with Gasteiger partial charge >= 0.3 is 5.97 Å². The highest BCUT2D eigenvalue weighted by Gasteiger charge is 2.13. The summed E-state index contributed by atoms with van der Waals surface area (Å²) in [6.45, 7) is 1.45.